The van der Waals surface area contributed by atoms with E-state index in [1.54, 1.807) is 13.3 Å². The fourth-order valence-corrected chi connectivity index (χ4v) is 1.28. The number of rotatable bonds is 7. The van der Waals surface area contributed by atoms with Crippen molar-refractivity contribution in [3.8, 4) is 0 Å². The van der Waals surface area contributed by atoms with E-state index in [1.807, 2.05) is 19.3 Å². The van der Waals surface area contributed by atoms with Crippen LogP contribution in [0, 0.1) is 0 Å². The number of methoxy groups -OCH3 is 1. The van der Waals surface area contributed by atoms with Gasteiger partial charge in [-0.3, -0.25) is 4.98 Å². The van der Waals surface area contributed by atoms with Crippen molar-refractivity contribution in [2.24, 2.45) is 0 Å². The van der Waals surface area contributed by atoms with Crippen molar-refractivity contribution < 1.29 is 4.74 Å². The highest BCUT2D eigenvalue weighted by molar-refractivity contribution is 5.53. The van der Waals surface area contributed by atoms with Crippen LogP contribution in [0.15, 0.2) is 18.5 Å². The summed E-state index contributed by atoms with van der Waals surface area (Å²) in [6.45, 7) is 1.79. The number of nitrogens with one attached hydrogen (secondary N) is 2. The van der Waals surface area contributed by atoms with Crippen LogP contribution in [-0.2, 0) is 4.74 Å². The van der Waals surface area contributed by atoms with Crippen molar-refractivity contribution in [3.05, 3.63) is 18.5 Å². The molecule has 1 rings (SSSR count). The molecule has 4 nitrogen and oxygen atoms in total. The molecule has 0 saturated carbocycles. The first kappa shape index (κ1) is 11.8. The number of unbranched alkanes of at least 4 members (excludes halogenated alkanes) is 1. The van der Waals surface area contributed by atoms with Gasteiger partial charge in [0.05, 0.1) is 23.8 Å². The Morgan fingerprint density at radius 2 is 2.07 bits per heavy atom. The lowest BCUT2D eigenvalue weighted by Crippen LogP contribution is -2.03. The zero-order valence-corrected chi connectivity index (χ0v) is 9.42. The van der Waals surface area contributed by atoms with Gasteiger partial charge in [0.1, 0.15) is 0 Å². The standard InChI is InChI=1S/C11H19N3O/c1-12-10-7-11(9-13-8-10)14-5-3-4-6-15-2/h7-9,12,14H,3-6H2,1-2H3. The van der Waals surface area contributed by atoms with Gasteiger partial charge < -0.3 is 15.4 Å². The molecule has 0 atom stereocenters. The lowest BCUT2D eigenvalue weighted by molar-refractivity contribution is 0.194. The number of anilines is 2. The summed E-state index contributed by atoms with van der Waals surface area (Å²) >= 11 is 0. The third-order valence-electron chi connectivity index (χ3n) is 2.13. The number of hydrogen-bond donors (Lipinski definition) is 2. The van der Waals surface area contributed by atoms with Gasteiger partial charge in [0.2, 0.25) is 0 Å². The third kappa shape index (κ3) is 4.65. The zero-order valence-electron chi connectivity index (χ0n) is 9.42. The number of ether oxygens (including phenoxy) is 1. The molecule has 1 aromatic heterocycles. The molecular weight excluding hydrogens is 190 g/mol. The minimum absolute atomic E-state index is 0.830. The van der Waals surface area contributed by atoms with E-state index in [-0.39, 0.29) is 0 Å². The maximum atomic E-state index is 4.98. The molecule has 1 aromatic rings. The summed E-state index contributed by atoms with van der Waals surface area (Å²) in [6, 6.07) is 2.04. The molecule has 4 heteroatoms. The van der Waals surface area contributed by atoms with Crippen LogP contribution in [0.2, 0.25) is 0 Å². The van der Waals surface area contributed by atoms with Gasteiger partial charge in [-0.05, 0) is 18.9 Å². The normalized spacial score (nSPS) is 10.0. The Balaban J connectivity index is 2.24. The fraction of sp³-hybridized carbons (Fsp3) is 0.545. The molecule has 0 aliphatic heterocycles. The second kappa shape index (κ2) is 7.06. The molecule has 2 N–H and O–H groups in total. The van der Waals surface area contributed by atoms with E-state index in [0.717, 1.165) is 37.4 Å². The summed E-state index contributed by atoms with van der Waals surface area (Å²) in [7, 11) is 3.62. The highest BCUT2D eigenvalue weighted by Gasteiger charge is 1.94. The van der Waals surface area contributed by atoms with E-state index in [2.05, 4.69) is 15.6 Å². The number of nitrogens with zero attached hydrogens (tertiary/aromatic N) is 1. The van der Waals surface area contributed by atoms with Crippen molar-refractivity contribution in [3.63, 3.8) is 0 Å². The van der Waals surface area contributed by atoms with Crippen LogP contribution in [0.1, 0.15) is 12.8 Å². The van der Waals surface area contributed by atoms with Gasteiger partial charge in [0.15, 0.2) is 0 Å². The first-order chi connectivity index (χ1) is 7.36. The molecular formula is C11H19N3O. The van der Waals surface area contributed by atoms with Gasteiger partial charge in [-0.25, -0.2) is 0 Å². The Morgan fingerprint density at radius 3 is 2.80 bits per heavy atom. The maximum Gasteiger partial charge on any atom is 0.0547 e. The summed E-state index contributed by atoms with van der Waals surface area (Å²) in [6.07, 6.45) is 5.83. The molecule has 1 heterocycles. The lowest BCUT2D eigenvalue weighted by Gasteiger charge is -2.07. The van der Waals surface area contributed by atoms with Crippen molar-refractivity contribution >= 4 is 11.4 Å². The Morgan fingerprint density at radius 1 is 1.27 bits per heavy atom. The van der Waals surface area contributed by atoms with E-state index < -0.39 is 0 Å². The van der Waals surface area contributed by atoms with Gasteiger partial charge in [-0.15, -0.1) is 0 Å². The summed E-state index contributed by atoms with van der Waals surface area (Å²) in [5, 5.41) is 6.38. The van der Waals surface area contributed by atoms with Crippen LogP contribution in [0.3, 0.4) is 0 Å². The van der Waals surface area contributed by atoms with Crippen LogP contribution < -0.4 is 10.6 Å². The highest BCUT2D eigenvalue weighted by Crippen LogP contribution is 2.11. The monoisotopic (exact) mass is 209 g/mol. The Hall–Kier alpha value is -1.29. The average molecular weight is 209 g/mol. The number of pyridine rings is 1. The Kier molecular flexibility index (Phi) is 5.55. The van der Waals surface area contributed by atoms with E-state index in [0.29, 0.717) is 0 Å². The molecule has 0 spiro atoms. The molecule has 0 unspecified atom stereocenters. The van der Waals surface area contributed by atoms with Crippen molar-refractivity contribution in [1.82, 2.24) is 4.98 Å². The molecule has 0 fully saturated rings. The predicted octanol–water partition coefficient (Wildman–Crippen LogP) is 1.96. The van der Waals surface area contributed by atoms with Gasteiger partial charge in [-0.2, -0.15) is 0 Å². The molecule has 0 radical (unpaired) electrons. The van der Waals surface area contributed by atoms with Gasteiger partial charge in [0.25, 0.3) is 0 Å². The van der Waals surface area contributed by atoms with Gasteiger partial charge >= 0.3 is 0 Å². The van der Waals surface area contributed by atoms with Crippen LogP contribution in [-0.4, -0.2) is 32.3 Å². The van der Waals surface area contributed by atoms with E-state index >= 15 is 0 Å². The molecule has 0 bridgehead atoms. The third-order valence-corrected chi connectivity index (χ3v) is 2.13. The number of aromatic nitrogens is 1. The van der Waals surface area contributed by atoms with Crippen LogP contribution in [0.5, 0.6) is 0 Å². The van der Waals surface area contributed by atoms with Gasteiger partial charge in [0, 0.05) is 27.3 Å². The second-order valence-electron chi connectivity index (χ2n) is 3.34. The van der Waals surface area contributed by atoms with Crippen LogP contribution >= 0.6 is 0 Å². The molecule has 0 aliphatic carbocycles. The highest BCUT2D eigenvalue weighted by atomic mass is 16.5. The fourth-order valence-electron chi connectivity index (χ4n) is 1.28. The minimum atomic E-state index is 0.830. The second-order valence-corrected chi connectivity index (χ2v) is 3.34. The molecule has 15 heavy (non-hydrogen) atoms. The van der Waals surface area contributed by atoms with Crippen LogP contribution in [0.25, 0.3) is 0 Å². The van der Waals surface area contributed by atoms with E-state index in [4.69, 9.17) is 4.74 Å². The van der Waals surface area contributed by atoms with E-state index in [9.17, 15) is 0 Å². The van der Waals surface area contributed by atoms with E-state index in [1.165, 1.54) is 0 Å². The van der Waals surface area contributed by atoms with Crippen molar-refractivity contribution in [1.29, 1.82) is 0 Å². The predicted molar refractivity (Wildman–Crippen MR) is 63.4 cm³/mol. The largest absolute Gasteiger partial charge is 0.387 e. The topological polar surface area (TPSA) is 46.2 Å². The first-order valence-electron chi connectivity index (χ1n) is 5.22. The zero-order chi connectivity index (χ0) is 10.9. The molecule has 0 amide bonds. The average Bonchev–Trinajstić information content (AvgIpc) is 2.29. The first-order valence-corrected chi connectivity index (χ1v) is 5.22. The smallest absolute Gasteiger partial charge is 0.0547 e. The Labute approximate surface area is 91.1 Å². The summed E-state index contributed by atoms with van der Waals surface area (Å²) in [4.78, 5) is 4.12. The van der Waals surface area contributed by atoms with Crippen molar-refractivity contribution in [2.45, 2.75) is 12.8 Å². The maximum absolute atomic E-state index is 4.98. The Bertz CT molecular complexity index is 278. The summed E-state index contributed by atoms with van der Waals surface area (Å²) in [5.74, 6) is 0. The lowest BCUT2D eigenvalue weighted by atomic mass is 10.3. The summed E-state index contributed by atoms with van der Waals surface area (Å²) in [5.41, 5.74) is 2.08. The molecule has 0 saturated heterocycles. The SMILES string of the molecule is CNc1cncc(NCCCCOC)c1. The van der Waals surface area contributed by atoms with Crippen molar-refractivity contribution in [2.75, 3.05) is 37.9 Å². The molecule has 84 valence electrons. The minimum Gasteiger partial charge on any atom is -0.387 e. The molecule has 0 aromatic carbocycles. The molecule has 0 aliphatic rings. The van der Waals surface area contributed by atoms with Crippen LogP contribution in [0.4, 0.5) is 11.4 Å². The van der Waals surface area contributed by atoms with Gasteiger partial charge in [-0.1, -0.05) is 0 Å². The number of hydrogen-bond acceptors (Lipinski definition) is 4. The quantitative estimate of drug-likeness (QED) is 0.674. The summed E-state index contributed by atoms with van der Waals surface area (Å²) < 4.78 is 4.98.